The zero-order valence-corrected chi connectivity index (χ0v) is 12.5. The van der Waals surface area contributed by atoms with Crippen LogP contribution in [0.4, 0.5) is 0 Å². The van der Waals surface area contributed by atoms with Gasteiger partial charge in [0.25, 0.3) is 0 Å². The van der Waals surface area contributed by atoms with Gasteiger partial charge in [0.1, 0.15) is 0 Å². The van der Waals surface area contributed by atoms with E-state index in [2.05, 4.69) is 24.0 Å². The lowest BCUT2D eigenvalue weighted by atomic mass is 9.89. The predicted octanol–water partition coefficient (Wildman–Crippen LogP) is 5.51. The Morgan fingerprint density at radius 1 is 1.16 bits per heavy atom. The number of rotatable bonds is 5. The molecule has 1 nitrogen and oxygen atoms in total. The first-order valence-electron chi connectivity index (χ1n) is 6.54. The number of nitrogens with zero attached hydrogens (tertiary/aromatic N) is 1. The molecule has 3 heteroatoms. The van der Waals surface area contributed by atoms with E-state index < -0.39 is 0 Å². The Kier molecular flexibility index (Phi) is 5.24. The molecule has 0 spiro atoms. The van der Waals surface area contributed by atoms with Crippen LogP contribution in [-0.4, -0.2) is 4.98 Å². The minimum atomic E-state index is 0.462. The van der Waals surface area contributed by atoms with Crippen molar-refractivity contribution in [3.63, 3.8) is 0 Å². The lowest BCUT2D eigenvalue weighted by Gasteiger charge is -2.17. The molecule has 0 aliphatic rings. The van der Waals surface area contributed by atoms with Crippen molar-refractivity contribution in [3.8, 4) is 0 Å². The van der Waals surface area contributed by atoms with Crippen molar-refractivity contribution in [1.82, 2.24) is 4.98 Å². The second kappa shape index (κ2) is 6.93. The van der Waals surface area contributed by atoms with Gasteiger partial charge in [-0.25, -0.2) is 0 Å². The highest BCUT2D eigenvalue weighted by Crippen LogP contribution is 2.30. The van der Waals surface area contributed by atoms with Crippen LogP contribution in [0.25, 0.3) is 0 Å². The highest BCUT2D eigenvalue weighted by molar-refractivity contribution is 6.42. The van der Waals surface area contributed by atoms with Crippen molar-refractivity contribution >= 4 is 23.2 Å². The summed E-state index contributed by atoms with van der Waals surface area (Å²) in [6.45, 7) is 2.20. The lowest BCUT2D eigenvalue weighted by molar-refractivity contribution is 0.609. The molecule has 0 aliphatic carbocycles. The summed E-state index contributed by atoms with van der Waals surface area (Å²) < 4.78 is 0. The molecule has 2 rings (SSSR count). The molecule has 0 amide bonds. The Balaban J connectivity index is 2.21. The number of hydrogen-bond donors (Lipinski definition) is 0. The Bertz CT molecular complexity index is 526. The molecule has 0 saturated carbocycles. The van der Waals surface area contributed by atoms with Gasteiger partial charge >= 0.3 is 0 Å². The number of aromatic nitrogens is 1. The first-order chi connectivity index (χ1) is 9.20. The van der Waals surface area contributed by atoms with Crippen molar-refractivity contribution < 1.29 is 0 Å². The summed E-state index contributed by atoms with van der Waals surface area (Å²) in [5.74, 6) is 0.462. The van der Waals surface area contributed by atoms with E-state index in [0.717, 1.165) is 19.3 Å². The molecular weight excluding hydrogens is 277 g/mol. The highest BCUT2D eigenvalue weighted by atomic mass is 35.5. The van der Waals surface area contributed by atoms with Gasteiger partial charge in [-0.15, -0.1) is 0 Å². The van der Waals surface area contributed by atoms with E-state index in [9.17, 15) is 0 Å². The van der Waals surface area contributed by atoms with Crippen LogP contribution < -0.4 is 0 Å². The largest absolute Gasteiger partial charge is 0.264 e. The number of pyridine rings is 1. The fourth-order valence-electron chi connectivity index (χ4n) is 2.30. The van der Waals surface area contributed by atoms with E-state index in [1.54, 1.807) is 6.20 Å². The van der Waals surface area contributed by atoms with Gasteiger partial charge < -0.3 is 0 Å². The van der Waals surface area contributed by atoms with Crippen molar-refractivity contribution in [1.29, 1.82) is 0 Å². The quantitative estimate of drug-likeness (QED) is 0.708. The van der Waals surface area contributed by atoms with Crippen molar-refractivity contribution in [2.45, 2.75) is 32.1 Å². The van der Waals surface area contributed by atoms with E-state index in [1.165, 1.54) is 11.1 Å². The topological polar surface area (TPSA) is 12.9 Å². The Morgan fingerprint density at radius 3 is 2.63 bits per heavy atom. The molecular formula is C16H17Cl2N. The predicted molar refractivity (Wildman–Crippen MR) is 82.1 cm³/mol. The molecule has 0 radical (unpaired) electrons. The summed E-state index contributed by atoms with van der Waals surface area (Å²) >= 11 is 12.1. The average Bonchev–Trinajstić information content (AvgIpc) is 2.43. The third-order valence-corrected chi connectivity index (χ3v) is 4.00. The van der Waals surface area contributed by atoms with Gasteiger partial charge in [-0.05, 0) is 48.1 Å². The summed E-state index contributed by atoms with van der Waals surface area (Å²) in [6.07, 6.45) is 7.00. The maximum Gasteiger partial charge on any atom is 0.0595 e. The minimum absolute atomic E-state index is 0.462. The van der Waals surface area contributed by atoms with Crippen LogP contribution in [0, 0.1) is 0 Å². The normalized spacial score (nSPS) is 12.4. The molecule has 1 heterocycles. The van der Waals surface area contributed by atoms with Crippen LogP contribution >= 0.6 is 23.2 Å². The zero-order valence-electron chi connectivity index (χ0n) is 10.9. The van der Waals surface area contributed by atoms with Crippen LogP contribution in [0.5, 0.6) is 0 Å². The molecule has 2 aromatic rings. The van der Waals surface area contributed by atoms with Crippen LogP contribution in [-0.2, 0) is 6.42 Å². The van der Waals surface area contributed by atoms with Gasteiger partial charge in [-0.3, -0.25) is 4.98 Å². The molecule has 1 aromatic heterocycles. The molecule has 100 valence electrons. The Morgan fingerprint density at radius 2 is 2.00 bits per heavy atom. The maximum atomic E-state index is 6.12. The van der Waals surface area contributed by atoms with Crippen LogP contribution in [0.15, 0.2) is 42.7 Å². The Labute approximate surface area is 124 Å². The first kappa shape index (κ1) is 14.4. The van der Waals surface area contributed by atoms with Crippen molar-refractivity contribution in [2.24, 2.45) is 0 Å². The molecule has 1 aromatic carbocycles. The maximum absolute atomic E-state index is 6.12. The Hall–Kier alpha value is -1.05. The summed E-state index contributed by atoms with van der Waals surface area (Å²) in [6, 6.07) is 10.0. The van der Waals surface area contributed by atoms with Crippen LogP contribution in [0.2, 0.25) is 10.0 Å². The fourth-order valence-corrected chi connectivity index (χ4v) is 2.61. The van der Waals surface area contributed by atoms with Crippen LogP contribution in [0.3, 0.4) is 0 Å². The standard InChI is InChI=1S/C16H17Cl2N/c1-2-4-13(9-12-5-3-8-19-11-12)14-6-7-15(17)16(18)10-14/h3,5-8,10-11,13H,2,4,9H2,1H3/t13-/m1/s1. The third-order valence-electron chi connectivity index (χ3n) is 3.26. The smallest absolute Gasteiger partial charge is 0.0595 e. The van der Waals surface area contributed by atoms with Crippen LogP contribution in [0.1, 0.15) is 36.8 Å². The summed E-state index contributed by atoms with van der Waals surface area (Å²) in [5, 5.41) is 1.24. The molecule has 0 N–H and O–H groups in total. The monoisotopic (exact) mass is 293 g/mol. The van der Waals surface area contributed by atoms with Gasteiger partial charge in [0.15, 0.2) is 0 Å². The molecule has 0 unspecified atom stereocenters. The van der Waals surface area contributed by atoms with Gasteiger partial charge in [0, 0.05) is 12.4 Å². The molecule has 19 heavy (non-hydrogen) atoms. The molecule has 0 bridgehead atoms. The average molecular weight is 294 g/mol. The SMILES string of the molecule is CCC[C@H](Cc1cccnc1)c1ccc(Cl)c(Cl)c1. The zero-order chi connectivity index (χ0) is 13.7. The summed E-state index contributed by atoms with van der Waals surface area (Å²) in [5.41, 5.74) is 2.51. The van der Waals surface area contributed by atoms with Crippen molar-refractivity contribution in [2.75, 3.05) is 0 Å². The third kappa shape index (κ3) is 3.95. The second-order valence-electron chi connectivity index (χ2n) is 4.72. The lowest BCUT2D eigenvalue weighted by Crippen LogP contribution is -2.03. The molecule has 0 aliphatic heterocycles. The first-order valence-corrected chi connectivity index (χ1v) is 7.30. The summed E-state index contributed by atoms with van der Waals surface area (Å²) in [7, 11) is 0. The van der Waals surface area contributed by atoms with E-state index in [-0.39, 0.29) is 0 Å². The van der Waals surface area contributed by atoms with E-state index in [0.29, 0.717) is 16.0 Å². The van der Waals surface area contributed by atoms with Gasteiger partial charge in [0.05, 0.1) is 10.0 Å². The van der Waals surface area contributed by atoms with Gasteiger partial charge in [0.2, 0.25) is 0 Å². The molecule has 0 saturated heterocycles. The number of hydrogen-bond acceptors (Lipinski definition) is 1. The van der Waals surface area contributed by atoms with Gasteiger partial charge in [-0.1, -0.05) is 48.7 Å². The molecule has 0 fully saturated rings. The van der Waals surface area contributed by atoms with E-state index >= 15 is 0 Å². The fraction of sp³-hybridized carbons (Fsp3) is 0.312. The molecule has 1 atom stereocenters. The van der Waals surface area contributed by atoms with Crippen molar-refractivity contribution in [3.05, 3.63) is 63.9 Å². The summed E-state index contributed by atoms with van der Waals surface area (Å²) in [4.78, 5) is 4.18. The number of halogens is 2. The highest BCUT2D eigenvalue weighted by Gasteiger charge is 2.13. The van der Waals surface area contributed by atoms with Gasteiger partial charge in [-0.2, -0.15) is 0 Å². The minimum Gasteiger partial charge on any atom is -0.264 e. The van der Waals surface area contributed by atoms with E-state index in [4.69, 9.17) is 23.2 Å². The second-order valence-corrected chi connectivity index (χ2v) is 5.54. The van der Waals surface area contributed by atoms with E-state index in [1.807, 2.05) is 24.4 Å². The number of benzene rings is 1.